The van der Waals surface area contributed by atoms with Gasteiger partial charge in [0.05, 0.1) is 12.1 Å². The highest BCUT2D eigenvalue weighted by Crippen LogP contribution is 2.41. The van der Waals surface area contributed by atoms with Crippen LogP contribution in [0.15, 0.2) is 48.8 Å². The van der Waals surface area contributed by atoms with Crippen LogP contribution in [0.5, 0.6) is 0 Å². The monoisotopic (exact) mass is 440 g/mol. The maximum absolute atomic E-state index is 12.3. The number of benzene rings is 1. The lowest BCUT2D eigenvalue weighted by molar-refractivity contribution is -0.158. The van der Waals surface area contributed by atoms with Crippen molar-refractivity contribution < 1.29 is 28.9 Å². The van der Waals surface area contributed by atoms with E-state index in [-0.39, 0.29) is 18.8 Å². The number of esters is 2. The minimum atomic E-state index is -1.32. The van der Waals surface area contributed by atoms with E-state index in [9.17, 15) is 14.7 Å². The van der Waals surface area contributed by atoms with E-state index >= 15 is 0 Å². The van der Waals surface area contributed by atoms with Crippen LogP contribution in [0.25, 0.3) is 5.52 Å². The second kappa shape index (κ2) is 8.56. The highest BCUT2D eigenvalue weighted by atomic mass is 16.6. The zero-order valence-corrected chi connectivity index (χ0v) is 17.7. The van der Waals surface area contributed by atoms with Gasteiger partial charge in [-0.15, -0.1) is 0 Å². The van der Waals surface area contributed by atoms with Crippen molar-refractivity contribution in [1.82, 2.24) is 14.6 Å². The topological polar surface area (TPSA) is 138 Å². The van der Waals surface area contributed by atoms with E-state index in [1.165, 1.54) is 17.8 Å². The molecule has 1 saturated heterocycles. The van der Waals surface area contributed by atoms with Gasteiger partial charge in [-0.25, -0.2) is 9.50 Å². The van der Waals surface area contributed by atoms with Crippen molar-refractivity contribution in [3.05, 3.63) is 60.0 Å². The number of carbonyl (C=O) groups is 2. The Morgan fingerprint density at radius 3 is 2.72 bits per heavy atom. The van der Waals surface area contributed by atoms with Gasteiger partial charge in [0.2, 0.25) is 0 Å². The van der Waals surface area contributed by atoms with Gasteiger partial charge in [-0.2, -0.15) is 5.10 Å². The molecule has 3 heterocycles. The summed E-state index contributed by atoms with van der Waals surface area (Å²) in [5.74, 6) is -0.780. The van der Waals surface area contributed by atoms with Gasteiger partial charge in [-0.3, -0.25) is 9.59 Å². The van der Waals surface area contributed by atoms with Crippen molar-refractivity contribution in [2.45, 2.75) is 44.2 Å². The van der Waals surface area contributed by atoms with Gasteiger partial charge in [-0.1, -0.05) is 30.3 Å². The SMILES string of the molecule is CC(=O)O[C@H]1[C@@H](O)[C@](C)(c2ccc3c(N)ncnn23)O[C@@H]1COC(=O)Cc1ccccc1. The molecule has 1 aromatic carbocycles. The molecule has 3 aromatic rings. The smallest absolute Gasteiger partial charge is 0.310 e. The highest BCUT2D eigenvalue weighted by Gasteiger charge is 2.56. The number of nitrogens with zero attached hydrogens (tertiary/aromatic N) is 3. The zero-order valence-electron chi connectivity index (χ0n) is 17.7. The van der Waals surface area contributed by atoms with Gasteiger partial charge >= 0.3 is 11.9 Å². The summed E-state index contributed by atoms with van der Waals surface area (Å²) in [6.45, 7) is 2.69. The van der Waals surface area contributed by atoms with E-state index in [1.807, 2.05) is 30.3 Å². The average molecular weight is 440 g/mol. The molecule has 0 saturated carbocycles. The van der Waals surface area contributed by atoms with Gasteiger partial charge in [0.15, 0.2) is 11.9 Å². The molecule has 4 rings (SSSR count). The molecule has 4 atom stereocenters. The lowest BCUT2D eigenvalue weighted by atomic mass is 9.93. The third-order valence-corrected chi connectivity index (χ3v) is 5.53. The van der Waals surface area contributed by atoms with Crippen LogP contribution in [-0.2, 0) is 35.8 Å². The Balaban J connectivity index is 1.56. The van der Waals surface area contributed by atoms with Crippen LogP contribution in [0.4, 0.5) is 5.82 Å². The average Bonchev–Trinajstić information content (AvgIpc) is 3.30. The minimum absolute atomic E-state index is 0.0884. The molecule has 0 aliphatic carbocycles. The number of rotatable bonds is 6. The summed E-state index contributed by atoms with van der Waals surface area (Å²) in [6.07, 6.45) is -1.80. The second-order valence-corrected chi connectivity index (χ2v) is 7.79. The van der Waals surface area contributed by atoms with Crippen molar-refractivity contribution in [2.75, 3.05) is 12.3 Å². The lowest BCUT2D eigenvalue weighted by Crippen LogP contribution is -2.42. The van der Waals surface area contributed by atoms with E-state index < -0.39 is 35.9 Å². The van der Waals surface area contributed by atoms with Gasteiger partial charge < -0.3 is 25.1 Å². The highest BCUT2D eigenvalue weighted by molar-refractivity contribution is 5.72. The van der Waals surface area contributed by atoms with Crippen LogP contribution in [0.2, 0.25) is 0 Å². The van der Waals surface area contributed by atoms with Crippen molar-refractivity contribution in [1.29, 1.82) is 0 Å². The lowest BCUT2D eigenvalue weighted by Gasteiger charge is -2.27. The molecule has 32 heavy (non-hydrogen) atoms. The Bertz CT molecular complexity index is 1130. The molecule has 0 unspecified atom stereocenters. The summed E-state index contributed by atoms with van der Waals surface area (Å²) in [4.78, 5) is 27.9. The van der Waals surface area contributed by atoms with Gasteiger partial charge in [-0.05, 0) is 24.6 Å². The minimum Gasteiger partial charge on any atom is -0.463 e. The molecule has 10 heteroatoms. The summed E-state index contributed by atoms with van der Waals surface area (Å²) in [5, 5.41) is 15.3. The number of aliphatic hydroxyl groups excluding tert-OH is 1. The number of ether oxygens (including phenoxy) is 3. The van der Waals surface area contributed by atoms with E-state index in [4.69, 9.17) is 19.9 Å². The Morgan fingerprint density at radius 2 is 2.00 bits per heavy atom. The first-order valence-electron chi connectivity index (χ1n) is 10.1. The molecule has 3 N–H and O–H groups in total. The number of nitrogens with two attached hydrogens (primary N) is 1. The largest absolute Gasteiger partial charge is 0.463 e. The third kappa shape index (κ3) is 4.02. The summed E-state index contributed by atoms with van der Waals surface area (Å²) >= 11 is 0. The van der Waals surface area contributed by atoms with Crippen LogP contribution < -0.4 is 5.73 Å². The summed E-state index contributed by atoms with van der Waals surface area (Å²) in [6, 6.07) is 12.6. The van der Waals surface area contributed by atoms with Gasteiger partial charge in [0.1, 0.15) is 36.3 Å². The number of aliphatic hydroxyl groups is 1. The maximum atomic E-state index is 12.3. The van der Waals surface area contributed by atoms with Crippen molar-refractivity contribution >= 4 is 23.3 Å². The molecule has 0 bridgehead atoms. The molecule has 1 fully saturated rings. The summed E-state index contributed by atoms with van der Waals surface area (Å²) < 4.78 is 18.4. The van der Waals surface area contributed by atoms with E-state index in [2.05, 4.69) is 10.1 Å². The molecule has 0 amide bonds. The Morgan fingerprint density at radius 1 is 1.25 bits per heavy atom. The first-order chi connectivity index (χ1) is 15.3. The fourth-order valence-corrected chi connectivity index (χ4v) is 3.96. The maximum Gasteiger partial charge on any atom is 0.310 e. The number of carbonyl (C=O) groups excluding carboxylic acids is 2. The number of aromatic nitrogens is 3. The molecule has 168 valence electrons. The van der Waals surface area contributed by atoms with Crippen molar-refractivity contribution in [3.63, 3.8) is 0 Å². The standard InChI is InChI=1S/C22H24N4O6/c1-13(27)31-19-16(11-30-18(28)10-14-6-4-3-5-7-14)32-22(2,20(19)29)17-9-8-15-21(23)24-12-25-26(15)17/h3-9,12,16,19-20,29H,10-11H2,1-2H3,(H2,23,24,25)/t16-,19-,20-,22+/m1/s1. The van der Waals surface area contributed by atoms with Crippen molar-refractivity contribution in [3.8, 4) is 0 Å². The zero-order chi connectivity index (χ0) is 22.9. The molecule has 1 aliphatic rings. The van der Waals surface area contributed by atoms with Gasteiger partial charge in [0.25, 0.3) is 0 Å². The number of hydrogen-bond donors (Lipinski definition) is 2. The first-order valence-corrected chi connectivity index (χ1v) is 10.1. The fraction of sp³-hybridized carbons (Fsp3) is 0.364. The van der Waals surface area contributed by atoms with E-state index in [1.54, 1.807) is 19.1 Å². The quantitative estimate of drug-likeness (QED) is 0.538. The van der Waals surface area contributed by atoms with Crippen LogP contribution >= 0.6 is 0 Å². The van der Waals surface area contributed by atoms with Crippen LogP contribution in [-0.4, -0.2) is 56.6 Å². The number of anilines is 1. The predicted octanol–water partition coefficient (Wildman–Crippen LogP) is 1.00. The molecular weight excluding hydrogens is 416 g/mol. The molecule has 2 aromatic heterocycles. The predicted molar refractivity (Wildman–Crippen MR) is 112 cm³/mol. The fourth-order valence-electron chi connectivity index (χ4n) is 3.96. The molecule has 0 spiro atoms. The Hall–Kier alpha value is -3.50. The summed E-state index contributed by atoms with van der Waals surface area (Å²) in [5.41, 5.74) is 6.43. The molecular formula is C22H24N4O6. The second-order valence-electron chi connectivity index (χ2n) is 7.79. The van der Waals surface area contributed by atoms with Gasteiger partial charge in [0, 0.05) is 6.92 Å². The van der Waals surface area contributed by atoms with E-state index in [0.717, 1.165) is 5.56 Å². The van der Waals surface area contributed by atoms with Crippen molar-refractivity contribution in [2.24, 2.45) is 0 Å². The van der Waals surface area contributed by atoms with Crippen LogP contribution in [0.3, 0.4) is 0 Å². The molecule has 10 nitrogen and oxygen atoms in total. The van der Waals surface area contributed by atoms with E-state index in [0.29, 0.717) is 11.2 Å². The number of fused-ring (bicyclic) bond motifs is 1. The van der Waals surface area contributed by atoms with Crippen LogP contribution in [0.1, 0.15) is 25.1 Å². The van der Waals surface area contributed by atoms with Crippen LogP contribution in [0, 0.1) is 0 Å². The summed E-state index contributed by atoms with van der Waals surface area (Å²) in [7, 11) is 0. The third-order valence-electron chi connectivity index (χ3n) is 5.53. The first kappa shape index (κ1) is 21.7. The molecule has 0 radical (unpaired) electrons. The number of hydrogen-bond acceptors (Lipinski definition) is 9. The molecule has 1 aliphatic heterocycles. The Labute approximate surface area is 183 Å². The normalized spacial score (nSPS) is 25.0. The Kier molecular flexibility index (Phi) is 5.81. The number of nitrogen functional groups attached to an aromatic ring is 1.